The van der Waals surface area contributed by atoms with Crippen LogP contribution in [0.3, 0.4) is 0 Å². The van der Waals surface area contributed by atoms with Gasteiger partial charge in [0.2, 0.25) is 0 Å². The van der Waals surface area contributed by atoms with Gasteiger partial charge >= 0.3 is 11.9 Å². The number of rotatable bonds is 9. The van der Waals surface area contributed by atoms with E-state index in [9.17, 15) is 9.59 Å². The Kier molecular flexibility index (Phi) is 8.90. The van der Waals surface area contributed by atoms with Crippen molar-refractivity contribution in [1.29, 1.82) is 0 Å². The van der Waals surface area contributed by atoms with Gasteiger partial charge in [-0.05, 0) is 49.5 Å². The lowest BCUT2D eigenvalue weighted by atomic mass is 9.69. The van der Waals surface area contributed by atoms with Gasteiger partial charge in [0, 0.05) is 7.11 Å². The number of carbonyl (C=O) groups excluding carboxylic acids is 2. The second kappa shape index (κ2) is 11.1. The van der Waals surface area contributed by atoms with Crippen molar-refractivity contribution < 1.29 is 23.8 Å². The van der Waals surface area contributed by atoms with E-state index in [1.165, 1.54) is 19.8 Å². The summed E-state index contributed by atoms with van der Waals surface area (Å²) in [5.74, 6) is -0.00340. The van der Waals surface area contributed by atoms with Crippen LogP contribution in [0.25, 0.3) is 0 Å². The highest BCUT2D eigenvalue weighted by atomic mass is 16.6. The highest BCUT2D eigenvalue weighted by Crippen LogP contribution is 2.39. The van der Waals surface area contributed by atoms with Gasteiger partial charge in [0.25, 0.3) is 0 Å². The fourth-order valence-corrected chi connectivity index (χ4v) is 4.29. The van der Waals surface area contributed by atoms with Gasteiger partial charge < -0.3 is 14.2 Å². The zero-order chi connectivity index (χ0) is 21.4. The van der Waals surface area contributed by atoms with Crippen molar-refractivity contribution in [3.8, 4) is 0 Å². The first-order valence-corrected chi connectivity index (χ1v) is 10.4. The molecule has 0 N–H and O–H groups in total. The van der Waals surface area contributed by atoms with E-state index in [1.54, 1.807) is 0 Å². The van der Waals surface area contributed by atoms with Gasteiger partial charge in [-0.15, -0.1) is 0 Å². The van der Waals surface area contributed by atoms with E-state index in [1.807, 2.05) is 30.3 Å². The monoisotopic (exact) mass is 402 g/mol. The molecule has 160 valence electrons. The molecule has 0 spiro atoms. The fourth-order valence-electron chi connectivity index (χ4n) is 4.29. The molecule has 1 aromatic carbocycles. The van der Waals surface area contributed by atoms with E-state index in [-0.39, 0.29) is 29.7 Å². The maximum atomic E-state index is 12.5. The van der Waals surface area contributed by atoms with Crippen LogP contribution in [0, 0.1) is 23.7 Å². The number of carbonyl (C=O) groups is 2. The summed E-state index contributed by atoms with van der Waals surface area (Å²) in [6.45, 7) is 6.72. The van der Waals surface area contributed by atoms with Crippen molar-refractivity contribution in [3.05, 3.63) is 47.5 Å². The average Bonchev–Trinajstić information content (AvgIpc) is 2.71. The molecule has 0 radical (unpaired) electrons. The number of methoxy groups -OCH3 is 2. The second-order valence-electron chi connectivity index (χ2n) is 8.15. The van der Waals surface area contributed by atoms with E-state index >= 15 is 0 Å². The van der Waals surface area contributed by atoms with Gasteiger partial charge in [0.1, 0.15) is 0 Å². The number of hydrogen-bond acceptors (Lipinski definition) is 5. The van der Waals surface area contributed by atoms with Crippen LogP contribution < -0.4 is 0 Å². The van der Waals surface area contributed by atoms with Gasteiger partial charge in [0.15, 0.2) is 6.10 Å². The Morgan fingerprint density at radius 3 is 2.41 bits per heavy atom. The molecule has 1 aliphatic rings. The second-order valence-corrected chi connectivity index (χ2v) is 8.15. The quantitative estimate of drug-likeness (QED) is 0.442. The van der Waals surface area contributed by atoms with Crippen LogP contribution in [0.4, 0.5) is 0 Å². The first-order valence-electron chi connectivity index (χ1n) is 10.4. The SMILES string of the molecule is COC(=O)C1CCC(C)=CC1[C@H](CCOC(=O)[C@H](OC)c1ccccc1)C(C)C. The van der Waals surface area contributed by atoms with Crippen LogP contribution in [0.15, 0.2) is 42.0 Å². The molecule has 0 saturated heterocycles. The minimum Gasteiger partial charge on any atom is -0.469 e. The van der Waals surface area contributed by atoms with Crippen LogP contribution in [-0.2, 0) is 23.8 Å². The largest absolute Gasteiger partial charge is 0.469 e. The highest BCUT2D eigenvalue weighted by molar-refractivity contribution is 5.76. The maximum Gasteiger partial charge on any atom is 0.339 e. The Hall–Kier alpha value is -2.14. The summed E-state index contributed by atoms with van der Waals surface area (Å²) in [5, 5.41) is 0. The van der Waals surface area contributed by atoms with Crippen LogP contribution in [0.1, 0.15) is 51.7 Å². The molecule has 2 rings (SSSR count). The molecule has 29 heavy (non-hydrogen) atoms. The molecule has 4 atom stereocenters. The van der Waals surface area contributed by atoms with Crippen molar-refractivity contribution in [2.45, 2.75) is 46.1 Å². The van der Waals surface area contributed by atoms with Crippen molar-refractivity contribution in [3.63, 3.8) is 0 Å². The van der Waals surface area contributed by atoms with E-state index < -0.39 is 6.10 Å². The van der Waals surface area contributed by atoms with Gasteiger partial charge in [-0.1, -0.05) is 55.8 Å². The number of hydrogen-bond donors (Lipinski definition) is 0. The molecular weight excluding hydrogens is 368 g/mol. The van der Waals surface area contributed by atoms with Crippen LogP contribution in [0.5, 0.6) is 0 Å². The van der Waals surface area contributed by atoms with E-state index in [0.29, 0.717) is 18.9 Å². The lowest BCUT2D eigenvalue weighted by Crippen LogP contribution is -2.34. The Morgan fingerprint density at radius 2 is 1.83 bits per heavy atom. The van der Waals surface area contributed by atoms with Gasteiger partial charge in [-0.2, -0.15) is 0 Å². The molecule has 0 aromatic heterocycles. The minimum atomic E-state index is -0.728. The number of ether oxygens (including phenoxy) is 3. The first kappa shape index (κ1) is 23.1. The maximum absolute atomic E-state index is 12.5. The summed E-state index contributed by atoms with van der Waals surface area (Å²) in [5.41, 5.74) is 2.08. The summed E-state index contributed by atoms with van der Waals surface area (Å²) < 4.78 is 16.0. The average molecular weight is 403 g/mol. The third kappa shape index (κ3) is 6.17. The van der Waals surface area contributed by atoms with E-state index in [0.717, 1.165) is 18.4 Å². The van der Waals surface area contributed by atoms with Gasteiger partial charge in [-0.25, -0.2) is 4.79 Å². The zero-order valence-corrected chi connectivity index (χ0v) is 18.2. The smallest absolute Gasteiger partial charge is 0.339 e. The molecule has 0 aliphatic heterocycles. The number of benzene rings is 1. The summed E-state index contributed by atoms with van der Waals surface area (Å²) in [4.78, 5) is 24.9. The Balaban J connectivity index is 2.04. The lowest BCUT2D eigenvalue weighted by molar-refractivity contribution is -0.157. The highest BCUT2D eigenvalue weighted by Gasteiger charge is 2.37. The molecule has 0 saturated carbocycles. The molecule has 0 amide bonds. The van der Waals surface area contributed by atoms with E-state index in [2.05, 4.69) is 26.8 Å². The Morgan fingerprint density at radius 1 is 1.14 bits per heavy atom. The summed E-state index contributed by atoms with van der Waals surface area (Å²) in [6.07, 6.45) is 3.91. The predicted molar refractivity (Wildman–Crippen MR) is 112 cm³/mol. The first-order chi connectivity index (χ1) is 13.9. The van der Waals surface area contributed by atoms with Crippen molar-refractivity contribution in [1.82, 2.24) is 0 Å². The van der Waals surface area contributed by atoms with E-state index in [4.69, 9.17) is 14.2 Å². The molecule has 0 fully saturated rings. The molecule has 5 nitrogen and oxygen atoms in total. The molecule has 1 aliphatic carbocycles. The van der Waals surface area contributed by atoms with Crippen LogP contribution >= 0.6 is 0 Å². The number of esters is 2. The minimum absolute atomic E-state index is 0.0993. The van der Waals surface area contributed by atoms with Crippen molar-refractivity contribution in [2.75, 3.05) is 20.8 Å². The number of allylic oxidation sites excluding steroid dienone is 2. The molecular formula is C24H34O5. The lowest BCUT2D eigenvalue weighted by Gasteiger charge is -2.36. The molecule has 5 heteroatoms. The Labute approximate surface area is 174 Å². The molecule has 2 unspecified atom stereocenters. The third-order valence-electron chi connectivity index (χ3n) is 5.89. The summed E-state index contributed by atoms with van der Waals surface area (Å²) in [7, 11) is 2.96. The zero-order valence-electron chi connectivity index (χ0n) is 18.2. The molecule has 0 heterocycles. The molecule has 1 aromatic rings. The topological polar surface area (TPSA) is 61.8 Å². The standard InChI is InChI=1S/C24H34O5/c1-16(2)19(21-15-17(3)11-12-20(21)23(25)28-5)13-14-29-24(26)22(27-4)18-9-7-6-8-10-18/h6-10,15-16,19-22H,11-14H2,1-5H3/t19-,20?,21?,22-/m1/s1. The summed E-state index contributed by atoms with van der Waals surface area (Å²) >= 11 is 0. The normalized spacial score (nSPS) is 21.2. The van der Waals surface area contributed by atoms with Gasteiger partial charge in [-0.3, -0.25) is 4.79 Å². The van der Waals surface area contributed by atoms with Crippen molar-refractivity contribution >= 4 is 11.9 Å². The summed E-state index contributed by atoms with van der Waals surface area (Å²) in [6, 6.07) is 9.33. The predicted octanol–water partition coefficient (Wildman–Crippen LogP) is 4.73. The molecule has 0 bridgehead atoms. The fraction of sp³-hybridized carbons (Fsp3) is 0.583. The third-order valence-corrected chi connectivity index (χ3v) is 5.89. The van der Waals surface area contributed by atoms with Crippen LogP contribution in [-0.4, -0.2) is 32.8 Å². The van der Waals surface area contributed by atoms with Crippen LogP contribution in [0.2, 0.25) is 0 Å². The van der Waals surface area contributed by atoms with Gasteiger partial charge in [0.05, 0.1) is 19.6 Å². The Bertz CT molecular complexity index is 694. The van der Waals surface area contributed by atoms with Crippen molar-refractivity contribution in [2.24, 2.45) is 23.7 Å².